The van der Waals surface area contributed by atoms with Crippen molar-refractivity contribution in [1.29, 1.82) is 0 Å². The van der Waals surface area contributed by atoms with Crippen molar-refractivity contribution >= 4 is 17.7 Å². The Morgan fingerprint density at radius 2 is 2.07 bits per heavy atom. The number of hydrogen-bond acceptors (Lipinski definition) is 3. The number of rotatable bonds is 2. The first-order valence-corrected chi connectivity index (χ1v) is 6.93. The Labute approximate surface area is 94.2 Å². The summed E-state index contributed by atoms with van der Waals surface area (Å²) in [4.78, 5) is 13.8. The van der Waals surface area contributed by atoms with E-state index in [0.29, 0.717) is 19.0 Å². The van der Waals surface area contributed by atoms with Gasteiger partial charge in [-0.05, 0) is 30.9 Å². The van der Waals surface area contributed by atoms with E-state index in [-0.39, 0.29) is 11.8 Å². The highest BCUT2D eigenvalue weighted by Gasteiger charge is 2.53. The van der Waals surface area contributed by atoms with Crippen molar-refractivity contribution in [1.82, 2.24) is 4.90 Å². The third kappa shape index (κ3) is 1.68. The molecule has 0 aromatic heterocycles. The monoisotopic (exact) mass is 227 g/mol. The number of amides is 1. The Hall–Kier alpha value is -0.220. The molecule has 2 saturated heterocycles. The second-order valence-corrected chi connectivity index (χ2v) is 6.28. The highest BCUT2D eigenvalue weighted by Crippen LogP contribution is 2.45. The molecule has 3 fully saturated rings. The molecule has 0 aromatic rings. The Bertz CT molecular complexity index is 278. The molecule has 1 saturated carbocycles. The van der Waals surface area contributed by atoms with E-state index in [4.69, 9.17) is 0 Å². The van der Waals surface area contributed by atoms with Crippen LogP contribution in [0.5, 0.6) is 0 Å². The lowest BCUT2D eigenvalue weighted by atomic mass is 9.87. The Balaban J connectivity index is 1.55. The highest BCUT2D eigenvalue weighted by molar-refractivity contribution is 7.99. The number of aliphatic hydroxyl groups is 1. The summed E-state index contributed by atoms with van der Waals surface area (Å²) < 4.78 is 0. The summed E-state index contributed by atoms with van der Waals surface area (Å²) >= 11 is 1.87. The molecule has 4 heteroatoms. The molecule has 2 aliphatic heterocycles. The van der Waals surface area contributed by atoms with E-state index < -0.39 is 5.60 Å². The number of carbonyl (C=O) groups excluding carboxylic acids is 1. The fourth-order valence-corrected chi connectivity index (χ4v) is 3.85. The van der Waals surface area contributed by atoms with Gasteiger partial charge in [-0.25, -0.2) is 0 Å². The molecule has 0 spiro atoms. The lowest BCUT2D eigenvalue weighted by Gasteiger charge is -2.47. The van der Waals surface area contributed by atoms with Crippen LogP contribution in [0.15, 0.2) is 0 Å². The SMILES string of the molecule is O=C(C1CCSC1)N1CC(O)(C2CC2)C1. The van der Waals surface area contributed by atoms with E-state index in [1.807, 2.05) is 16.7 Å². The van der Waals surface area contributed by atoms with Gasteiger partial charge in [0.25, 0.3) is 0 Å². The zero-order chi connectivity index (χ0) is 10.5. The summed E-state index contributed by atoms with van der Waals surface area (Å²) in [7, 11) is 0. The second-order valence-electron chi connectivity index (χ2n) is 5.13. The van der Waals surface area contributed by atoms with Crippen molar-refractivity contribution in [3.63, 3.8) is 0 Å². The van der Waals surface area contributed by atoms with Crippen LogP contribution < -0.4 is 0 Å². The summed E-state index contributed by atoms with van der Waals surface area (Å²) in [6, 6.07) is 0. The third-order valence-corrected chi connectivity index (χ3v) is 5.02. The Morgan fingerprint density at radius 3 is 2.60 bits per heavy atom. The summed E-state index contributed by atoms with van der Waals surface area (Å²) in [5.41, 5.74) is -0.512. The van der Waals surface area contributed by atoms with Gasteiger partial charge in [0.1, 0.15) is 5.60 Å². The van der Waals surface area contributed by atoms with Crippen molar-refractivity contribution < 1.29 is 9.90 Å². The molecule has 0 bridgehead atoms. The van der Waals surface area contributed by atoms with Gasteiger partial charge in [-0.1, -0.05) is 0 Å². The summed E-state index contributed by atoms with van der Waals surface area (Å²) in [5.74, 6) is 3.11. The van der Waals surface area contributed by atoms with Gasteiger partial charge in [-0.2, -0.15) is 11.8 Å². The minimum atomic E-state index is -0.512. The van der Waals surface area contributed by atoms with Crippen LogP contribution in [-0.4, -0.2) is 46.1 Å². The van der Waals surface area contributed by atoms with Crippen LogP contribution in [0.3, 0.4) is 0 Å². The maximum absolute atomic E-state index is 12.0. The number of thioether (sulfide) groups is 1. The number of likely N-dealkylation sites (tertiary alicyclic amines) is 1. The lowest BCUT2D eigenvalue weighted by Crippen LogP contribution is -2.65. The largest absolute Gasteiger partial charge is 0.386 e. The number of β-amino-alcohol motifs (C(OH)–C–C–N with tert-alkyl or cyclic N) is 1. The molecule has 0 aromatic carbocycles. The van der Waals surface area contributed by atoms with E-state index in [1.165, 1.54) is 0 Å². The minimum Gasteiger partial charge on any atom is -0.386 e. The second kappa shape index (κ2) is 3.39. The lowest BCUT2D eigenvalue weighted by molar-refractivity contribution is -0.162. The Kier molecular flexibility index (Phi) is 2.25. The van der Waals surface area contributed by atoms with Crippen LogP contribution in [0.4, 0.5) is 0 Å². The molecule has 1 atom stereocenters. The van der Waals surface area contributed by atoms with E-state index in [2.05, 4.69) is 0 Å². The first kappa shape index (κ1) is 9.97. The van der Waals surface area contributed by atoms with Gasteiger partial charge in [-0.15, -0.1) is 0 Å². The van der Waals surface area contributed by atoms with Crippen molar-refractivity contribution in [2.24, 2.45) is 11.8 Å². The van der Waals surface area contributed by atoms with Crippen molar-refractivity contribution in [3.05, 3.63) is 0 Å². The third-order valence-electron chi connectivity index (χ3n) is 3.86. The van der Waals surface area contributed by atoms with E-state index >= 15 is 0 Å². The molecule has 1 unspecified atom stereocenters. The number of hydrogen-bond donors (Lipinski definition) is 1. The molecule has 1 aliphatic carbocycles. The van der Waals surface area contributed by atoms with Crippen LogP contribution in [0.25, 0.3) is 0 Å². The van der Waals surface area contributed by atoms with Crippen molar-refractivity contribution in [2.75, 3.05) is 24.6 Å². The predicted octanol–water partition coefficient (Wildman–Crippen LogP) is 0.723. The van der Waals surface area contributed by atoms with Crippen molar-refractivity contribution in [3.8, 4) is 0 Å². The van der Waals surface area contributed by atoms with E-state index in [9.17, 15) is 9.90 Å². The topological polar surface area (TPSA) is 40.5 Å². The Morgan fingerprint density at radius 1 is 1.33 bits per heavy atom. The average Bonchev–Trinajstić information content (AvgIpc) is 2.89. The normalized spacial score (nSPS) is 33.9. The molecule has 3 nitrogen and oxygen atoms in total. The van der Waals surface area contributed by atoms with E-state index in [1.54, 1.807) is 0 Å². The molecule has 3 rings (SSSR count). The minimum absolute atomic E-state index is 0.235. The molecule has 2 heterocycles. The van der Waals surface area contributed by atoms with Crippen LogP contribution in [-0.2, 0) is 4.79 Å². The van der Waals surface area contributed by atoms with Gasteiger partial charge in [0, 0.05) is 11.7 Å². The molecule has 1 N–H and O–H groups in total. The van der Waals surface area contributed by atoms with Gasteiger partial charge in [-0.3, -0.25) is 4.79 Å². The summed E-state index contributed by atoms with van der Waals surface area (Å²) in [6.07, 6.45) is 3.33. The highest BCUT2D eigenvalue weighted by atomic mass is 32.2. The first-order valence-electron chi connectivity index (χ1n) is 5.78. The van der Waals surface area contributed by atoms with Crippen LogP contribution in [0.1, 0.15) is 19.3 Å². The van der Waals surface area contributed by atoms with Gasteiger partial charge >= 0.3 is 0 Å². The molecule has 0 radical (unpaired) electrons. The quantitative estimate of drug-likeness (QED) is 0.756. The summed E-state index contributed by atoms with van der Waals surface area (Å²) in [5, 5.41) is 10.1. The fraction of sp³-hybridized carbons (Fsp3) is 0.909. The van der Waals surface area contributed by atoms with Crippen LogP contribution in [0, 0.1) is 11.8 Å². The van der Waals surface area contributed by atoms with Gasteiger partial charge in [0.2, 0.25) is 5.91 Å². The number of carbonyl (C=O) groups is 1. The first-order chi connectivity index (χ1) is 7.19. The maximum atomic E-state index is 12.0. The fourth-order valence-electron chi connectivity index (χ4n) is 2.64. The molecule has 84 valence electrons. The molecular weight excluding hydrogens is 210 g/mol. The molecular formula is C11H17NO2S. The average molecular weight is 227 g/mol. The van der Waals surface area contributed by atoms with Gasteiger partial charge < -0.3 is 10.0 Å². The van der Waals surface area contributed by atoms with Gasteiger partial charge in [0.05, 0.1) is 13.1 Å². The van der Waals surface area contributed by atoms with E-state index in [0.717, 1.165) is 30.8 Å². The smallest absolute Gasteiger partial charge is 0.226 e. The molecule has 3 aliphatic rings. The zero-order valence-electron chi connectivity index (χ0n) is 8.82. The van der Waals surface area contributed by atoms with Crippen molar-refractivity contribution in [2.45, 2.75) is 24.9 Å². The van der Waals surface area contributed by atoms with Crippen LogP contribution in [0.2, 0.25) is 0 Å². The maximum Gasteiger partial charge on any atom is 0.226 e. The van der Waals surface area contributed by atoms with Crippen LogP contribution >= 0.6 is 11.8 Å². The number of nitrogens with zero attached hydrogens (tertiary/aromatic N) is 1. The standard InChI is InChI=1S/C11H17NO2S/c13-10(8-3-4-15-5-8)12-6-11(14,7-12)9-1-2-9/h8-9,14H,1-7H2. The zero-order valence-corrected chi connectivity index (χ0v) is 9.63. The summed E-state index contributed by atoms with van der Waals surface area (Å²) in [6.45, 7) is 1.19. The van der Waals surface area contributed by atoms with Gasteiger partial charge in [0.15, 0.2) is 0 Å². The molecule has 1 amide bonds. The molecule has 15 heavy (non-hydrogen) atoms. The predicted molar refractivity (Wildman–Crippen MR) is 59.7 cm³/mol.